The molecule has 5 nitrogen and oxygen atoms in total. The van der Waals surface area contributed by atoms with E-state index in [2.05, 4.69) is 24.1 Å². The first-order valence-corrected chi connectivity index (χ1v) is 6.09. The highest BCUT2D eigenvalue weighted by molar-refractivity contribution is 5.83. The molecule has 2 rings (SSSR count). The van der Waals surface area contributed by atoms with Crippen molar-refractivity contribution in [3.8, 4) is 0 Å². The summed E-state index contributed by atoms with van der Waals surface area (Å²) >= 11 is 0. The zero-order chi connectivity index (χ0) is 13.2. The Balaban J connectivity index is 2.22. The first kappa shape index (κ1) is 13.0. The van der Waals surface area contributed by atoms with Crippen LogP contribution >= 0.6 is 0 Å². The highest BCUT2D eigenvalue weighted by atomic mass is 16.3. The van der Waals surface area contributed by atoms with Crippen molar-refractivity contribution in [3.63, 3.8) is 0 Å². The van der Waals surface area contributed by atoms with E-state index in [0.29, 0.717) is 13.1 Å². The van der Waals surface area contributed by atoms with E-state index in [0.717, 1.165) is 5.56 Å². The van der Waals surface area contributed by atoms with Crippen molar-refractivity contribution in [1.29, 1.82) is 0 Å². The molecule has 0 saturated carbocycles. The number of hydrogen-bond acceptors (Lipinski definition) is 4. The van der Waals surface area contributed by atoms with Crippen LogP contribution in [0.25, 0.3) is 0 Å². The average molecular weight is 249 g/mol. The van der Waals surface area contributed by atoms with E-state index in [-0.39, 0.29) is 18.1 Å². The van der Waals surface area contributed by atoms with Gasteiger partial charge in [-0.05, 0) is 25.5 Å². The third-order valence-electron chi connectivity index (χ3n) is 3.40. The highest BCUT2D eigenvalue weighted by Crippen LogP contribution is 2.23. The second kappa shape index (κ2) is 5.04. The Kier molecular flexibility index (Phi) is 3.63. The van der Waals surface area contributed by atoms with E-state index >= 15 is 0 Å². The molecule has 5 heteroatoms. The monoisotopic (exact) mass is 249 g/mol. The maximum atomic E-state index is 11.8. The lowest BCUT2D eigenvalue weighted by Crippen LogP contribution is -2.66. The van der Waals surface area contributed by atoms with Crippen molar-refractivity contribution < 1.29 is 9.90 Å². The Morgan fingerprint density at radius 1 is 1.61 bits per heavy atom. The molecule has 1 aromatic heterocycles. The Labute approximate surface area is 107 Å². The normalized spacial score (nSPS) is 23.7. The molecule has 98 valence electrons. The topological polar surface area (TPSA) is 65.5 Å². The van der Waals surface area contributed by atoms with Gasteiger partial charge in [-0.2, -0.15) is 0 Å². The van der Waals surface area contributed by atoms with Gasteiger partial charge in [-0.15, -0.1) is 0 Å². The molecule has 1 amide bonds. The Morgan fingerprint density at radius 2 is 2.39 bits per heavy atom. The third-order valence-corrected chi connectivity index (χ3v) is 3.40. The summed E-state index contributed by atoms with van der Waals surface area (Å²) in [7, 11) is 0. The molecule has 1 aromatic rings. The minimum absolute atomic E-state index is 0.110. The van der Waals surface area contributed by atoms with Crippen LogP contribution < -0.4 is 5.32 Å². The van der Waals surface area contributed by atoms with Gasteiger partial charge < -0.3 is 10.4 Å². The van der Waals surface area contributed by atoms with E-state index in [1.165, 1.54) is 0 Å². The van der Waals surface area contributed by atoms with Crippen LogP contribution in [0.5, 0.6) is 0 Å². The van der Waals surface area contributed by atoms with Gasteiger partial charge in [0, 0.05) is 31.0 Å². The van der Waals surface area contributed by atoms with Crippen LogP contribution in [-0.2, 0) is 11.3 Å². The maximum absolute atomic E-state index is 11.8. The number of pyridine rings is 1. The molecule has 0 radical (unpaired) electrons. The summed E-state index contributed by atoms with van der Waals surface area (Å²) in [6.07, 6.45) is 3.51. The van der Waals surface area contributed by atoms with Crippen LogP contribution in [0.1, 0.15) is 19.4 Å². The average Bonchev–Trinajstić information content (AvgIpc) is 2.36. The van der Waals surface area contributed by atoms with Crippen LogP contribution in [-0.4, -0.2) is 45.6 Å². The van der Waals surface area contributed by atoms with Gasteiger partial charge in [0.25, 0.3) is 0 Å². The summed E-state index contributed by atoms with van der Waals surface area (Å²) in [5, 5.41) is 12.3. The third kappa shape index (κ3) is 2.52. The van der Waals surface area contributed by atoms with Gasteiger partial charge in [0.2, 0.25) is 5.91 Å². The lowest BCUT2D eigenvalue weighted by molar-refractivity contribution is -0.137. The van der Waals surface area contributed by atoms with Crippen molar-refractivity contribution in [1.82, 2.24) is 15.2 Å². The molecular formula is C13H19N3O2. The molecule has 1 fully saturated rings. The number of aliphatic hydroxyl groups excluding tert-OH is 1. The molecule has 1 atom stereocenters. The Bertz CT molecular complexity index is 420. The van der Waals surface area contributed by atoms with Crippen LogP contribution in [0.15, 0.2) is 24.5 Å². The number of amides is 1. The number of rotatable bonds is 3. The Morgan fingerprint density at radius 3 is 3.00 bits per heavy atom. The summed E-state index contributed by atoms with van der Waals surface area (Å²) in [4.78, 5) is 17.9. The van der Waals surface area contributed by atoms with E-state index in [1.807, 2.05) is 17.0 Å². The van der Waals surface area contributed by atoms with E-state index < -0.39 is 6.04 Å². The van der Waals surface area contributed by atoms with E-state index in [1.54, 1.807) is 12.4 Å². The molecule has 0 aliphatic carbocycles. The number of aromatic nitrogens is 1. The SMILES string of the molecule is CC1(C)CNC(=O)C(CO)N1Cc1cccnc1. The largest absolute Gasteiger partial charge is 0.394 e. The standard InChI is InChI=1S/C13H19N3O2/c1-13(2)9-15-12(18)11(8-17)16(13)7-10-4-3-5-14-6-10/h3-6,11,17H,7-9H2,1-2H3,(H,15,18). The summed E-state index contributed by atoms with van der Waals surface area (Å²) in [5.41, 5.74) is 0.857. The van der Waals surface area contributed by atoms with Gasteiger partial charge in [-0.3, -0.25) is 14.7 Å². The van der Waals surface area contributed by atoms with Gasteiger partial charge in [0.05, 0.1) is 6.61 Å². The number of carbonyl (C=O) groups excluding carboxylic acids is 1. The molecular weight excluding hydrogens is 230 g/mol. The summed E-state index contributed by atoms with van der Waals surface area (Å²) < 4.78 is 0. The van der Waals surface area contributed by atoms with Crippen LogP contribution in [0.4, 0.5) is 0 Å². The van der Waals surface area contributed by atoms with Gasteiger partial charge in [-0.1, -0.05) is 6.07 Å². The molecule has 0 aromatic carbocycles. The Hall–Kier alpha value is -1.46. The number of hydrogen-bond donors (Lipinski definition) is 2. The van der Waals surface area contributed by atoms with Crippen molar-refractivity contribution in [2.24, 2.45) is 0 Å². The second-order valence-corrected chi connectivity index (χ2v) is 5.22. The highest BCUT2D eigenvalue weighted by Gasteiger charge is 2.40. The maximum Gasteiger partial charge on any atom is 0.239 e. The van der Waals surface area contributed by atoms with E-state index in [9.17, 15) is 9.90 Å². The molecule has 1 aliphatic rings. The molecule has 1 saturated heterocycles. The fourth-order valence-corrected chi connectivity index (χ4v) is 2.28. The molecule has 1 unspecified atom stereocenters. The van der Waals surface area contributed by atoms with Crippen molar-refractivity contribution in [2.45, 2.75) is 32.0 Å². The van der Waals surface area contributed by atoms with Crippen molar-refractivity contribution >= 4 is 5.91 Å². The second-order valence-electron chi connectivity index (χ2n) is 5.22. The van der Waals surface area contributed by atoms with Crippen molar-refractivity contribution in [3.05, 3.63) is 30.1 Å². The zero-order valence-electron chi connectivity index (χ0n) is 10.8. The fourth-order valence-electron chi connectivity index (χ4n) is 2.28. The lowest BCUT2D eigenvalue weighted by atomic mass is 9.95. The van der Waals surface area contributed by atoms with Crippen LogP contribution in [0, 0.1) is 0 Å². The minimum Gasteiger partial charge on any atom is -0.394 e. The summed E-state index contributed by atoms with van der Waals surface area (Å²) in [5.74, 6) is -0.110. The first-order chi connectivity index (χ1) is 8.54. The minimum atomic E-state index is -0.492. The fraction of sp³-hybridized carbons (Fsp3) is 0.538. The molecule has 0 spiro atoms. The zero-order valence-corrected chi connectivity index (χ0v) is 10.8. The predicted molar refractivity (Wildman–Crippen MR) is 67.7 cm³/mol. The number of nitrogens with one attached hydrogen (secondary N) is 1. The predicted octanol–water partition coefficient (Wildman–Crippen LogP) is 0.153. The summed E-state index contributed by atoms with van der Waals surface area (Å²) in [6, 6.07) is 3.36. The van der Waals surface area contributed by atoms with Crippen molar-refractivity contribution in [2.75, 3.05) is 13.2 Å². The van der Waals surface area contributed by atoms with E-state index in [4.69, 9.17) is 0 Å². The molecule has 18 heavy (non-hydrogen) atoms. The molecule has 2 N–H and O–H groups in total. The molecule has 2 heterocycles. The number of nitrogens with zero attached hydrogens (tertiary/aromatic N) is 2. The smallest absolute Gasteiger partial charge is 0.239 e. The van der Waals surface area contributed by atoms with Gasteiger partial charge >= 0.3 is 0 Å². The number of carbonyl (C=O) groups is 1. The summed E-state index contributed by atoms with van der Waals surface area (Å²) in [6.45, 7) is 5.15. The van der Waals surface area contributed by atoms with Crippen LogP contribution in [0.3, 0.4) is 0 Å². The molecule has 0 bridgehead atoms. The van der Waals surface area contributed by atoms with Crippen LogP contribution in [0.2, 0.25) is 0 Å². The number of piperazine rings is 1. The lowest BCUT2D eigenvalue weighted by Gasteiger charge is -2.46. The van der Waals surface area contributed by atoms with Gasteiger partial charge in [0.1, 0.15) is 6.04 Å². The quantitative estimate of drug-likeness (QED) is 0.800. The number of aliphatic hydroxyl groups is 1. The first-order valence-electron chi connectivity index (χ1n) is 6.09. The van der Waals surface area contributed by atoms with Gasteiger partial charge in [-0.25, -0.2) is 0 Å². The van der Waals surface area contributed by atoms with Gasteiger partial charge in [0.15, 0.2) is 0 Å². The molecule has 1 aliphatic heterocycles.